The molecule has 0 spiro atoms. The van der Waals surface area contributed by atoms with Gasteiger partial charge in [-0.1, -0.05) is 23.7 Å². The minimum absolute atomic E-state index is 0.0782. The van der Waals surface area contributed by atoms with Gasteiger partial charge in [0.25, 0.3) is 0 Å². The first-order valence-corrected chi connectivity index (χ1v) is 8.18. The van der Waals surface area contributed by atoms with Crippen molar-refractivity contribution in [2.45, 2.75) is 43.7 Å². The van der Waals surface area contributed by atoms with E-state index in [0.29, 0.717) is 24.4 Å². The summed E-state index contributed by atoms with van der Waals surface area (Å²) >= 11 is 6.14. The average Bonchev–Trinajstić information content (AvgIpc) is 2.31. The summed E-state index contributed by atoms with van der Waals surface area (Å²) in [6.07, 6.45) is 1.37. The molecule has 2 N–H and O–H groups in total. The van der Waals surface area contributed by atoms with E-state index in [1.54, 1.807) is 25.1 Å². The zero-order valence-corrected chi connectivity index (χ0v) is 12.7. The van der Waals surface area contributed by atoms with Crippen molar-refractivity contribution in [1.29, 1.82) is 0 Å². The number of piperidine rings is 1. The second-order valence-electron chi connectivity index (χ2n) is 5.14. The zero-order valence-electron chi connectivity index (χ0n) is 11.1. The van der Waals surface area contributed by atoms with Crippen LogP contribution in [0.3, 0.4) is 0 Å². The number of aryl methyl sites for hydroxylation is 1. The van der Waals surface area contributed by atoms with Crippen molar-refractivity contribution in [3.8, 4) is 0 Å². The van der Waals surface area contributed by atoms with Crippen LogP contribution in [0.1, 0.15) is 25.3 Å². The molecule has 1 heterocycles. The number of hydrogen-bond donors (Lipinski definition) is 1. The molecule has 0 amide bonds. The van der Waals surface area contributed by atoms with Crippen molar-refractivity contribution in [1.82, 2.24) is 4.31 Å². The lowest BCUT2D eigenvalue weighted by Crippen LogP contribution is -2.48. The van der Waals surface area contributed by atoms with Crippen LogP contribution in [-0.4, -0.2) is 31.4 Å². The molecule has 1 saturated heterocycles. The maximum absolute atomic E-state index is 12.7. The fraction of sp³-hybridized carbons (Fsp3) is 0.538. The lowest BCUT2D eigenvalue weighted by atomic mass is 10.0. The third kappa shape index (κ3) is 2.79. The van der Waals surface area contributed by atoms with Crippen LogP contribution in [0.5, 0.6) is 0 Å². The van der Waals surface area contributed by atoms with Gasteiger partial charge in [-0.3, -0.25) is 0 Å². The zero-order chi connectivity index (χ0) is 14.2. The van der Waals surface area contributed by atoms with Gasteiger partial charge in [0.2, 0.25) is 10.0 Å². The van der Waals surface area contributed by atoms with Crippen LogP contribution in [0.2, 0.25) is 5.02 Å². The molecule has 0 unspecified atom stereocenters. The first-order valence-electron chi connectivity index (χ1n) is 6.36. The van der Waals surface area contributed by atoms with E-state index in [-0.39, 0.29) is 17.0 Å². The van der Waals surface area contributed by atoms with Gasteiger partial charge in [0.1, 0.15) is 4.90 Å². The number of rotatable bonds is 2. The molecule has 0 radical (unpaired) electrons. The van der Waals surface area contributed by atoms with Crippen molar-refractivity contribution in [3.63, 3.8) is 0 Å². The minimum atomic E-state index is -3.54. The number of hydrogen-bond acceptors (Lipinski definition) is 3. The highest BCUT2D eigenvalue weighted by Gasteiger charge is 2.34. The molecule has 0 bridgehead atoms. The predicted octanol–water partition coefficient (Wildman–Crippen LogP) is 2.15. The molecule has 1 aromatic rings. The van der Waals surface area contributed by atoms with E-state index in [1.165, 1.54) is 4.31 Å². The number of nitrogens with two attached hydrogens (primary N) is 1. The van der Waals surface area contributed by atoms with Gasteiger partial charge in [0.05, 0.1) is 5.02 Å². The van der Waals surface area contributed by atoms with Gasteiger partial charge >= 0.3 is 0 Å². The summed E-state index contributed by atoms with van der Waals surface area (Å²) in [6, 6.07) is 5.07. The van der Waals surface area contributed by atoms with Crippen LogP contribution >= 0.6 is 11.6 Å². The number of sulfonamides is 1. The summed E-state index contributed by atoms with van der Waals surface area (Å²) in [5, 5.41) is 0.310. The Morgan fingerprint density at radius 3 is 2.74 bits per heavy atom. The number of halogens is 1. The second-order valence-corrected chi connectivity index (χ2v) is 7.37. The highest BCUT2D eigenvalue weighted by atomic mass is 35.5. The average molecular weight is 303 g/mol. The minimum Gasteiger partial charge on any atom is -0.328 e. The van der Waals surface area contributed by atoms with E-state index in [9.17, 15) is 8.42 Å². The summed E-state index contributed by atoms with van der Waals surface area (Å²) in [4.78, 5) is 0.191. The fourth-order valence-corrected chi connectivity index (χ4v) is 4.70. The van der Waals surface area contributed by atoms with Gasteiger partial charge in [-0.05, 0) is 38.3 Å². The van der Waals surface area contributed by atoms with Crippen LogP contribution in [0.4, 0.5) is 0 Å². The van der Waals surface area contributed by atoms with Crippen LogP contribution in [-0.2, 0) is 10.0 Å². The van der Waals surface area contributed by atoms with Crippen molar-refractivity contribution in [2.75, 3.05) is 6.54 Å². The molecule has 0 aliphatic carbocycles. The highest BCUT2D eigenvalue weighted by Crippen LogP contribution is 2.30. The highest BCUT2D eigenvalue weighted by molar-refractivity contribution is 7.89. The molecule has 1 aromatic carbocycles. The van der Waals surface area contributed by atoms with E-state index in [1.807, 2.05) is 6.92 Å². The maximum atomic E-state index is 12.7. The monoisotopic (exact) mass is 302 g/mol. The molecule has 4 nitrogen and oxygen atoms in total. The molecule has 1 aliphatic heterocycles. The second kappa shape index (κ2) is 5.40. The van der Waals surface area contributed by atoms with Gasteiger partial charge in [-0.2, -0.15) is 4.31 Å². The molecule has 2 rings (SSSR count). The molecule has 6 heteroatoms. The molecular weight excluding hydrogens is 284 g/mol. The molecule has 19 heavy (non-hydrogen) atoms. The van der Waals surface area contributed by atoms with Gasteiger partial charge in [-0.15, -0.1) is 0 Å². The molecule has 1 fully saturated rings. The molecule has 0 saturated carbocycles. The SMILES string of the molecule is Cc1cccc(S(=O)(=O)N2CC[C@@H](N)C[C@@H]2C)c1Cl. The third-order valence-electron chi connectivity index (χ3n) is 3.60. The first-order chi connectivity index (χ1) is 8.84. The maximum Gasteiger partial charge on any atom is 0.244 e. The fourth-order valence-electron chi connectivity index (χ4n) is 2.49. The largest absolute Gasteiger partial charge is 0.328 e. The molecule has 106 valence electrons. The van der Waals surface area contributed by atoms with Gasteiger partial charge < -0.3 is 5.73 Å². The van der Waals surface area contributed by atoms with E-state index >= 15 is 0 Å². The Labute approximate surface area is 119 Å². The summed E-state index contributed by atoms with van der Waals surface area (Å²) in [5.41, 5.74) is 6.64. The van der Waals surface area contributed by atoms with E-state index in [0.717, 1.165) is 5.56 Å². The quantitative estimate of drug-likeness (QED) is 0.910. The van der Waals surface area contributed by atoms with Crippen LogP contribution in [0.15, 0.2) is 23.1 Å². The summed E-state index contributed by atoms with van der Waals surface area (Å²) < 4.78 is 26.9. The van der Waals surface area contributed by atoms with Crippen LogP contribution in [0.25, 0.3) is 0 Å². The Kier molecular flexibility index (Phi) is 4.20. The van der Waals surface area contributed by atoms with E-state index in [2.05, 4.69) is 0 Å². The molecule has 1 aliphatic rings. The Hall–Kier alpha value is -0.620. The van der Waals surface area contributed by atoms with Crippen molar-refractivity contribution < 1.29 is 8.42 Å². The van der Waals surface area contributed by atoms with Crippen molar-refractivity contribution >= 4 is 21.6 Å². The first kappa shape index (κ1) is 14.8. The van der Waals surface area contributed by atoms with Crippen LogP contribution in [0, 0.1) is 6.92 Å². The predicted molar refractivity (Wildman–Crippen MR) is 76.8 cm³/mol. The molecular formula is C13H19ClN2O2S. The Bertz CT molecular complexity index is 574. The Morgan fingerprint density at radius 1 is 1.42 bits per heavy atom. The summed E-state index contributed by atoms with van der Waals surface area (Å²) in [6.45, 7) is 4.14. The molecule has 0 aromatic heterocycles. The Balaban J connectivity index is 2.40. The standard InChI is InChI=1S/C13H19ClN2O2S/c1-9-4-3-5-12(13(9)14)19(17,18)16-7-6-11(15)8-10(16)2/h3-5,10-11H,6-8,15H2,1-2H3/t10-,11+/m0/s1. The van der Waals surface area contributed by atoms with Gasteiger partial charge in [0.15, 0.2) is 0 Å². The van der Waals surface area contributed by atoms with E-state index < -0.39 is 10.0 Å². The molecule has 2 atom stereocenters. The van der Waals surface area contributed by atoms with E-state index in [4.69, 9.17) is 17.3 Å². The lowest BCUT2D eigenvalue weighted by Gasteiger charge is -2.35. The van der Waals surface area contributed by atoms with Crippen molar-refractivity contribution in [3.05, 3.63) is 28.8 Å². The van der Waals surface area contributed by atoms with Crippen LogP contribution < -0.4 is 5.73 Å². The summed E-state index contributed by atoms with van der Waals surface area (Å²) in [7, 11) is -3.54. The number of nitrogens with zero attached hydrogens (tertiary/aromatic N) is 1. The third-order valence-corrected chi connectivity index (χ3v) is 6.27. The lowest BCUT2D eigenvalue weighted by molar-refractivity contribution is 0.247. The van der Waals surface area contributed by atoms with Gasteiger partial charge in [-0.25, -0.2) is 8.42 Å². The van der Waals surface area contributed by atoms with Gasteiger partial charge in [0, 0.05) is 18.6 Å². The normalized spacial score (nSPS) is 25.5. The summed E-state index contributed by atoms with van der Waals surface area (Å²) in [5.74, 6) is 0. The van der Waals surface area contributed by atoms with Crippen molar-refractivity contribution in [2.24, 2.45) is 5.73 Å². The smallest absolute Gasteiger partial charge is 0.244 e. The Morgan fingerprint density at radius 2 is 2.11 bits per heavy atom. The number of benzene rings is 1. The topological polar surface area (TPSA) is 63.4 Å².